The third-order valence-corrected chi connectivity index (χ3v) is 4.52. The van der Waals surface area contributed by atoms with Gasteiger partial charge in [0.05, 0.1) is 5.56 Å². The van der Waals surface area contributed by atoms with Crippen molar-refractivity contribution in [2.75, 3.05) is 27.2 Å². The summed E-state index contributed by atoms with van der Waals surface area (Å²) in [6.45, 7) is 4.25. The number of rotatable bonds is 5. The monoisotopic (exact) mass is 314 g/mol. The number of halogens is 3. The van der Waals surface area contributed by atoms with Crippen LogP contribution in [0.25, 0.3) is 0 Å². The summed E-state index contributed by atoms with van der Waals surface area (Å²) in [5, 5.41) is 0. The van der Waals surface area contributed by atoms with Gasteiger partial charge in [0.15, 0.2) is 0 Å². The molecule has 1 aromatic carbocycles. The minimum Gasteiger partial charge on any atom is -0.305 e. The fraction of sp³-hybridized carbons (Fsp3) is 0.647. The summed E-state index contributed by atoms with van der Waals surface area (Å²) in [6, 6.07) is 6.35. The Morgan fingerprint density at radius 3 is 2.45 bits per heavy atom. The second-order valence-corrected chi connectivity index (χ2v) is 6.43. The van der Waals surface area contributed by atoms with Gasteiger partial charge in [-0.15, -0.1) is 0 Å². The number of alkyl halides is 3. The summed E-state index contributed by atoms with van der Waals surface area (Å²) in [5.74, 6) is 0.540. The van der Waals surface area contributed by atoms with E-state index in [1.54, 1.807) is 12.1 Å². The molecule has 0 aliphatic carbocycles. The van der Waals surface area contributed by atoms with Gasteiger partial charge in [0.25, 0.3) is 0 Å². The summed E-state index contributed by atoms with van der Waals surface area (Å²) < 4.78 is 39.3. The minimum atomic E-state index is -4.28. The van der Waals surface area contributed by atoms with Crippen LogP contribution in [-0.2, 0) is 12.7 Å². The molecule has 0 radical (unpaired) electrons. The van der Waals surface area contributed by atoms with Crippen LogP contribution in [0.1, 0.15) is 30.9 Å². The van der Waals surface area contributed by atoms with Gasteiger partial charge in [-0.3, -0.25) is 4.90 Å². The minimum absolute atomic E-state index is 0.375. The summed E-state index contributed by atoms with van der Waals surface area (Å²) in [5.41, 5.74) is -0.125. The third kappa shape index (κ3) is 4.02. The zero-order valence-electron chi connectivity index (χ0n) is 13.5. The molecule has 1 heterocycles. The molecule has 1 aliphatic heterocycles. The zero-order valence-corrected chi connectivity index (χ0v) is 13.5. The molecule has 1 fully saturated rings. The van der Waals surface area contributed by atoms with Crippen molar-refractivity contribution in [1.29, 1.82) is 0 Å². The fourth-order valence-electron chi connectivity index (χ4n) is 3.49. The molecule has 0 unspecified atom stereocenters. The van der Waals surface area contributed by atoms with E-state index in [0.717, 1.165) is 25.9 Å². The molecule has 0 amide bonds. The van der Waals surface area contributed by atoms with E-state index in [1.807, 2.05) is 0 Å². The number of hydrogen-bond acceptors (Lipinski definition) is 2. The fourth-order valence-corrected chi connectivity index (χ4v) is 3.49. The van der Waals surface area contributed by atoms with Crippen molar-refractivity contribution in [3.63, 3.8) is 0 Å². The maximum Gasteiger partial charge on any atom is 0.416 e. The van der Waals surface area contributed by atoms with E-state index in [1.165, 1.54) is 12.1 Å². The molecule has 0 bridgehead atoms. The molecule has 1 aliphatic rings. The summed E-state index contributed by atoms with van der Waals surface area (Å²) in [7, 11) is 4.11. The molecular formula is C17H25F3N2. The SMILES string of the molecule is CCC[C@@H]1CN(Cc2ccccc2C(F)(F)F)C[C@H]1N(C)C. The van der Waals surface area contributed by atoms with Gasteiger partial charge in [-0.1, -0.05) is 31.5 Å². The quantitative estimate of drug-likeness (QED) is 0.814. The van der Waals surface area contributed by atoms with Crippen molar-refractivity contribution in [3.8, 4) is 0 Å². The third-order valence-electron chi connectivity index (χ3n) is 4.52. The molecule has 2 rings (SSSR count). The molecule has 0 saturated carbocycles. The molecule has 0 spiro atoms. The number of likely N-dealkylation sites (tertiary alicyclic amines) is 1. The Morgan fingerprint density at radius 2 is 1.86 bits per heavy atom. The van der Waals surface area contributed by atoms with E-state index in [-0.39, 0.29) is 0 Å². The molecular weight excluding hydrogens is 289 g/mol. The van der Waals surface area contributed by atoms with Crippen LogP contribution in [-0.4, -0.2) is 43.0 Å². The van der Waals surface area contributed by atoms with Gasteiger partial charge in [0.1, 0.15) is 0 Å². The molecule has 0 N–H and O–H groups in total. The number of benzene rings is 1. The molecule has 22 heavy (non-hydrogen) atoms. The lowest BCUT2D eigenvalue weighted by Gasteiger charge is -2.24. The Morgan fingerprint density at radius 1 is 1.18 bits per heavy atom. The van der Waals surface area contributed by atoms with Crippen molar-refractivity contribution in [1.82, 2.24) is 9.80 Å². The zero-order chi connectivity index (χ0) is 16.3. The molecule has 5 heteroatoms. The van der Waals surface area contributed by atoms with Crippen LogP contribution in [0.4, 0.5) is 13.2 Å². The average Bonchev–Trinajstić information content (AvgIpc) is 2.81. The van der Waals surface area contributed by atoms with Crippen LogP contribution in [0.2, 0.25) is 0 Å². The summed E-state index contributed by atoms with van der Waals surface area (Å²) in [4.78, 5) is 4.37. The lowest BCUT2D eigenvalue weighted by molar-refractivity contribution is -0.138. The first-order valence-electron chi connectivity index (χ1n) is 7.86. The Kier molecular flexibility index (Phi) is 5.50. The molecule has 1 saturated heterocycles. The standard InChI is InChI=1S/C17H25F3N2/c1-4-7-14-11-22(12-16(14)21(2)3)10-13-8-5-6-9-15(13)17(18,19)20/h5-6,8-9,14,16H,4,7,10-12H2,1-3H3/t14-,16-/m1/s1. The van der Waals surface area contributed by atoms with Gasteiger partial charge in [-0.05, 0) is 38.1 Å². The molecule has 2 atom stereocenters. The Balaban J connectivity index is 2.12. The normalized spacial score (nSPS) is 23.4. The first-order chi connectivity index (χ1) is 10.3. The lowest BCUT2D eigenvalue weighted by Crippen LogP contribution is -2.35. The predicted molar refractivity (Wildman–Crippen MR) is 82.6 cm³/mol. The van der Waals surface area contributed by atoms with Gasteiger partial charge in [0, 0.05) is 25.7 Å². The first-order valence-corrected chi connectivity index (χ1v) is 7.86. The van der Waals surface area contributed by atoms with Crippen LogP contribution in [0.15, 0.2) is 24.3 Å². The van der Waals surface area contributed by atoms with Crippen LogP contribution in [0, 0.1) is 5.92 Å². The van der Waals surface area contributed by atoms with Crippen LogP contribution in [0.3, 0.4) is 0 Å². The van der Waals surface area contributed by atoms with Crippen molar-refractivity contribution in [2.24, 2.45) is 5.92 Å². The van der Waals surface area contributed by atoms with Gasteiger partial charge < -0.3 is 4.90 Å². The Hall–Kier alpha value is -1.07. The van der Waals surface area contributed by atoms with E-state index >= 15 is 0 Å². The lowest BCUT2D eigenvalue weighted by atomic mass is 9.98. The average molecular weight is 314 g/mol. The Labute approximate surface area is 130 Å². The number of nitrogens with zero attached hydrogens (tertiary/aromatic N) is 2. The van der Waals surface area contributed by atoms with E-state index in [2.05, 4.69) is 30.8 Å². The first kappa shape index (κ1) is 17.3. The second kappa shape index (κ2) is 7.01. The highest BCUT2D eigenvalue weighted by Crippen LogP contribution is 2.33. The van der Waals surface area contributed by atoms with E-state index < -0.39 is 11.7 Å². The summed E-state index contributed by atoms with van der Waals surface area (Å²) >= 11 is 0. The van der Waals surface area contributed by atoms with Crippen molar-refractivity contribution in [3.05, 3.63) is 35.4 Å². The predicted octanol–water partition coefficient (Wildman–Crippen LogP) is 3.87. The number of likely N-dealkylation sites (N-methyl/N-ethyl adjacent to an activating group) is 1. The van der Waals surface area contributed by atoms with Crippen LogP contribution >= 0.6 is 0 Å². The van der Waals surface area contributed by atoms with Crippen LogP contribution < -0.4 is 0 Å². The summed E-state index contributed by atoms with van der Waals surface area (Å²) in [6.07, 6.45) is -2.04. The van der Waals surface area contributed by atoms with Gasteiger partial charge in [0.2, 0.25) is 0 Å². The van der Waals surface area contributed by atoms with Crippen molar-refractivity contribution < 1.29 is 13.2 Å². The maximum absolute atomic E-state index is 13.1. The van der Waals surface area contributed by atoms with E-state index in [4.69, 9.17) is 0 Å². The highest BCUT2D eigenvalue weighted by Gasteiger charge is 2.36. The van der Waals surface area contributed by atoms with E-state index in [9.17, 15) is 13.2 Å². The molecule has 2 nitrogen and oxygen atoms in total. The molecule has 1 aromatic rings. The van der Waals surface area contributed by atoms with Crippen molar-refractivity contribution >= 4 is 0 Å². The molecule has 0 aromatic heterocycles. The van der Waals surface area contributed by atoms with Gasteiger partial charge in [-0.25, -0.2) is 0 Å². The maximum atomic E-state index is 13.1. The van der Waals surface area contributed by atoms with Crippen LogP contribution in [0.5, 0.6) is 0 Å². The molecule has 124 valence electrons. The van der Waals surface area contributed by atoms with Gasteiger partial charge >= 0.3 is 6.18 Å². The topological polar surface area (TPSA) is 6.48 Å². The Bertz CT molecular complexity index is 485. The van der Waals surface area contributed by atoms with E-state index in [0.29, 0.717) is 24.1 Å². The largest absolute Gasteiger partial charge is 0.416 e. The van der Waals surface area contributed by atoms with Crippen molar-refractivity contribution in [2.45, 2.75) is 38.5 Å². The number of hydrogen-bond donors (Lipinski definition) is 0. The highest BCUT2D eigenvalue weighted by atomic mass is 19.4. The highest BCUT2D eigenvalue weighted by molar-refractivity contribution is 5.29. The smallest absolute Gasteiger partial charge is 0.305 e. The van der Waals surface area contributed by atoms with Gasteiger partial charge in [-0.2, -0.15) is 13.2 Å². The second-order valence-electron chi connectivity index (χ2n) is 6.43.